The Balaban J connectivity index is 3.39. The van der Waals surface area contributed by atoms with Crippen LogP contribution in [0, 0.1) is 11.3 Å². The fraction of sp³-hybridized carbons (Fsp3) is 0.364. The van der Waals surface area contributed by atoms with E-state index in [0.29, 0.717) is 5.56 Å². The number of aromatic nitrogens is 1. The molecule has 0 unspecified atom stereocenters. The summed E-state index contributed by atoms with van der Waals surface area (Å²) in [4.78, 5) is 14.8. The molecule has 0 fully saturated rings. The standard InChI is InChI=1S/C11H9BrF2N2O2/c1-18-9(17)2-7-8(3-12)6(4-15)5-16-10(7)11(13)14/h5,11H,2-3H2,1H3. The summed E-state index contributed by atoms with van der Waals surface area (Å²) >= 11 is 3.12. The lowest BCUT2D eigenvalue weighted by Crippen LogP contribution is -2.12. The first-order chi connectivity index (χ1) is 8.54. The van der Waals surface area contributed by atoms with Crippen molar-refractivity contribution in [2.24, 2.45) is 0 Å². The molecule has 0 radical (unpaired) electrons. The fourth-order valence-corrected chi connectivity index (χ4v) is 2.10. The molecule has 0 amide bonds. The summed E-state index contributed by atoms with van der Waals surface area (Å²) < 4.78 is 30.1. The summed E-state index contributed by atoms with van der Waals surface area (Å²) in [6.45, 7) is 0. The van der Waals surface area contributed by atoms with Gasteiger partial charge in [0.25, 0.3) is 6.43 Å². The van der Waals surface area contributed by atoms with Crippen LogP contribution in [0.4, 0.5) is 8.78 Å². The number of ether oxygens (including phenoxy) is 1. The Hall–Kier alpha value is -1.55. The van der Waals surface area contributed by atoms with Gasteiger partial charge in [0, 0.05) is 11.5 Å². The third kappa shape index (κ3) is 3.01. The first kappa shape index (κ1) is 14.5. The Morgan fingerprint density at radius 1 is 1.61 bits per heavy atom. The number of hydrogen-bond donors (Lipinski definition) is 0. The smallest absolute Gasteiger partial charge is 0.310 e. The molecule has 0 aliphatic rings. The molecule has 7 heteroatoms. The summed E-state index contributed by atoms with van der Waals surface area (Å²) in [6.07, 6.45) is -2.06. The summed E-state index contributed by atoms with van der Waals surface area (Å²) in [5.41, 5.74) is 0.0602. The molecule has 0 aliphatic heterocycles. The van der Waals surface area contributed by atoms with Crippen molar-refractivity contribution < 1.29 is 18.3 Å². The zero-order chi connectivity index (χ0) is 13.7. The first-order valence-corrected chi connectivity index (χ1v) is 5.99. The fourth-order valence-electron chi connectivity index (χ4n) is 1.46. The lowest BCUT2D eigenvalue weighted by Gasteiger charge is -2.12. The van der Waals surface area contributed by atoms with E-state index in [1.807, 2.05) is 6.07 Å². The molecule has 4 nitrogen and oxygen atoms in total. The van der Waals surface area contributed by atoms with E-state index >= 15 is 0 Å². The molecule has 18 heavy (non-hydrogen) atoms. The van der Waals surface area contributed by atoms with Crippen LogP contribution in [0.25, 0.3) is 0 Å². The number of pyridine rings is 1. The molecule has 0 aromatic carbocycles. The molecule has 96 valence electrons. The van der Waals surface area contributed by atoms with E-state index < -0.39 is 18.1 Å². The Morgan fingerprint density at radius 3 is 2.72 bits per heavy atom. The molecule has 1 aromatic heterocycles. The van der Waals surface area contributed by atoms with E-state index in [1.165, 1.54) is 7.11 Å². The number of carbonyl (C=O) groups excluding carboxylic acids is 1. The molecule has 1 rings (SSSR count). The molecule has 0 saturated carbocycles. The van der Waals surface area contributed by atoms with E-state index in [0.717, 1.165) is 6.20 Å². The van der Waals surface area contributed by atoms with Crippen molar-refractivity contribution in [2.45, 2.75) is 18.2 Å². The van der Waals surface area contributed by atoms with Crippen LogP contribution in [0.5, 0.6) is 0 Å². The van der Waals surface area contributed by atoms with Gasteiger partial charge in [-0.05, 0) is 11.1 Å². The molecule has 0 aliphatic carbocycles. The minimum atomic E-state index is -2.81. The van der Waals surface area contributed by atoms with Crippen molar-refractivity contribution in [2.75, 3.05) is 7.11 Å². The van der Waals surface area contributed by atoms with Gasteiger partial charge >= 0.3 is 5.97 Å². The Bertz CT molecular complexity index is 501. The lowest BCUT2D eigenvalue weighted by atomic mass is 10.0. The second-order valence-electron chi connectivity index (χ2n) is 3.31. The van der Waals surface area contributed by atoms with E-state index in [1.54, 1.807) is 0 Å². The zero-order valence-electron chi connectivity index (χ0n) is 9.41. The van der Waals surface area contributed by atoms with Gasteiger partial charge in [0.2, 0.25) is 0 Å². The average Bonchev–Trinajstić information content (AvgIpc) is 2.37. The Morgan fingerprint density at radius 2 is 2.28 bits per heavy atom. The topological polar surface area (TPSA) is 63.0 Å². The van der Waals surface area contributed by atoms with Crippen molar-refractivity contribution in [3.05, 3.63) is 28.6 Å². The Labute approximate surface area is 111 Å². The predicted octanol–water partition coefficient (Wildman–Crippen LogP) is 2.50. The maximum atomic E-state index is 12.8. The van der Waals surface area contributed by atoms with Gasteiger partial charge in [-0.3, -0.25) is 9.78 Å². The van der Waals surface area contributed by atoms with Gasteiger partial charge in [0.05, 0.1) is 19.1 Å². The van der Waals surface area contributed by atoms with Crippen LogP contribution in [-0.4, -0.2) is 18.1 Å². The van der Waals surface area contributed by atoms with Crippen molar-refractivity contribution in [1.29, 1.82) is 5.26 Å². The zero-order valence-corrected chi connectivity index (χ0v) is 11.0. The maximum Gasteiger partial charge on any atom is 0.310 e. The van der Waals surface area contributed by atoms with Crippen molar-refractivity contribution >= 4 is 21.9 Å². The number of nitrogens with zero attached hydrogens (tertiary/aromatic N) is 2. The van der Waals surface area contributed by atoms with Crippen LogP contribution < -0.4 is 0 Å². The highest BCUT2D eigenvalue weighted by Gasteiger charge is 2.22. The van der Waals surface area contributed by atoms with Crippen LogP contribution in [0.15, 0.2) is 6.20 Å². The second kappa shape index (κ2) is 6.40. The molecule has 0 spiro atoms. The monoisotopic (exact) mass is 318 g/mol. The number of rotatable bonds is 4. The van der Waals surface area contributed by atoms with E-state index in [4.69, 9.17) is 5.26 Å². The van der Waals surface area contributed by atoms with Gasteiger partial charge in [-0.25, -0.2) is 8.78 Å². The van der Waals surface area contributed by atoms with Crippen LogP contribution in [0.2, 0.25) is 0 Å². The highest BCUT2D eigenvalue weighted by atomic mass is 79.9. The SMILES string of the molecule is COC(=O)Cc1c(C(F)F)ncc(C#N)c1CBr. The summed E-state index contributed by atoms with van der Waals surface area (Å²) in [5.74, 6) is -0.656. The summed E-state index contributed by atoms with van der Waals surface area (Å²) in [6, 6.07) is 1.85. The van der Waals surface area contributed by atoms with Gasteiger partial charge < -0.3 is 4.74 Å². The lowest BCUT2D eigenvalue weighted by molar-refractivity contribution is -0.139. The molecule has 0 N–H and O–H groups in total. The number of carbonyl (C=O) groups is 1. The normalized spacial score (nSPS) is 10.2. The van der Waals surface area contributed by atoms with Gasteiger partial charge in [0.15, 0.2) is 0 Å². The average molecular weight is 319 g/mol. The number of alkyl halides is 3. The number of methoxy groups -OCH3 is 1. The van der Waals surface area contributed by atoms with E-state index in [9.17, 15) is 13.6 Å². The number of esters is 1. The van der Waals surface area contributed by atoms with E-state index in [-0.39, 0.29) is 22.9 Å². The molecule has 0 bridgehead atoms. The van der Waals surface area contributed by atoms with Crippen LogP contribution >= 0.6 is 15.9 Å². The highest BCUT2D eigenvalue weighted by Crippen LogP contribution is 2.27. The molecular weight excluding hydrogens is 310 g/mol. The van der Waals surface area contributed by atoms with E-state index in [2.05, 4.69) is 25.7 Å². The number of halogens is 3. The third-order valence-electron chi connectivity index (χ3n) is 2.34. The van der Waals surface area contributed by atoms with Crippen LogP contribution in [-0.2, 0) is 21.3 Å². The highest BCUT2D eigenvalue weighted by molar-refractivity contribution is 9.08. The van der Waals surface area contributed by atoms with Crippen LogP contribution in [0.1, 0.15) is 28.8 Å². The van der Waals surface area contributed by atoms with Crippen LogP contribution in [0.3, 0.4) is 0 Å². The van der Waals surface area contributed by atoms with Gasteiger partial charge in [-0.15, -0.1) is 0 Å². The summed E-state index contributed by atoms with van der Waals surface area (Å²) in [7, 11) is 1.17. The molecule has 0 saturated heterocycles. The second-order valence-corrected chi connectivity index (χ2v) is 3.87. The van der Waals surface area contributed by atoms with Gasteiger partial charge in [0.1, 0.15) is 11.8 Å². The minimum absolute atomic E-state index is 0.0489. The number of nitriles is 1. The van der Waals surface area contributed by atoms with Crippen molar-refractivity contribution in [3.8, 4) is 6.07 Å². The quantitative estimate of drug-likeness (QED) is 0.632. The molecular formula is C11H9BrF2N2O2. The third-order valence-corrected chi connectivity index (χ3v) is 2.90. The first-order valence-electron chi connectivity index (χ1n) is 4.86. The molecule has 1 aromatic rings. The number of hydrogen-bond acceptors (Lipinski definition) is 4. The van der Waals surface area contributed by atoms with Crippen molar-refractivity contribution in [1.82, 2.24) is 4.98 Å². The predicted molar refractivity (Wildman–Crippen MR) is 62.3 cm³/mol. The Kier molecular flexibility index (Phi) is 5.16. The van der Waals surface area contributed by atoms with Crippen molar-refractivity contribution in [3.63, 3.8) is 0 Å². The summed E-state index contributed by atoms with van der Waals surface area (Å²) in [5, 5.41) is 9.07. The minimum Gasteiger partial charge on any atom is -0.469 e. The van der Waals surface area contributed by atoms with Gasteiger partial charge in [-0.2, -0.15) is 5.26 Å². The molecule has 0 atom stereocenters. The maximum absolute atomic E-state index is 12.8. The van der Waals surface area contributed by atoms with Gasteiger partial charge in [-0.1, -0.05) is 15.9 Å². The largest absolute Gasteiger partial charge is 0.469 e. The molecule has 1 heterocycles.